The molecule has 1 fully saturated rings. The number of hydrogen-bond donors (Lipinski definition) is 2. The quantitative estimate of drug-likeness (QED) is 0.181. The van der Waals surface area contributed by atoms with Gasteiger partial charge in [-0.3, -0.25) is 0 Å². The molecule has 3 aromatic rings. The highest BCUT2D eigenvalue weighted by atomic mass is 35.5. The summed E-state index contributed by atoms with van der Waals surface area (Å²) in [5, 5.41) is 11.6. The molecule has 3 heterocycles. The number of carbonyl (C=O) groups is 1. The average Bonchev–Trinajstić information content (AvgIpc) is 3.36. The number of nitrogens with zero attached hydrogens (tertiary/aromatic N) is 4. The van der Waals surface area contributed by atoms with Gasteiger partial charge in [0, 0.05) is 37.3 Å². The molecule has 0 bridgehead atoms. The molecule has 1 unspecified atom stereocenters. The zero-order valence-electron chi connectivity index (χ0n) is 31.7. The Balaban J connectivity index is 1.65. The molecule has 12 nitrogen and oxygen atoms in total. The molecule has 1 aromatic carbocycles. The van der Waals surface area contributed by atoms with Gasteiger partial charge in [-0.05, 0) is 77.9 Å². The third-order valence-corrected chi connectivity index (χ3v) is 13.9. The summed E-state index contributed by atoms with van der Waals surface area (Å²) in [5.74, 6) is 2.33. The Morgan fingerprint density at radius 3 is 2.48 bits per heavy atom. The summed E-state index contributed by atoms with van der Waals surface area (Å²) in [6.45, 7) is 25.4. The Labute approximate surface area is 303 Å². The number of aryl methyl sites for hydroxylation is 2. The van der Waals surface area contributed by atoms with Crippen molar-refractivity contribution < 1.29 is 28.0 Å². The molecule has 4 rings (SSSR count). The first-order valence-electron chi connectivity index (χ1n) is 17.2. The molecule has 2 aromatic heterocycles. The van der Waals surface area contributed by atoms with Crippen LogP contribution in [0.4, 0.5) is 10.6 Å². The predicted octanol–water partition coefficient (Wildman–Crippen LogP) is 7.41. The SMILES string of the molecule is Cc1noc(C)c1-c1nc(-c2cc(OC[C@@H](CN(C)C(=O)OC(C)(C)C)O[Si](C)(C)C(C)(C)C)ccc2Cl)nc(NCC2COCCN2)c1C. The van der Waals surface area contributed by atoms with Crippen LogP contribution in [0.15, 0.2) is 22.7 Å². The highest BCUT2D eigenvalue weighted by Gasteiger charge is 2.40. The summed E-state index contributed by atoms with van der Waals surface area (Å²) in [6.07, 6.45) is -0.834. The Bertz CT molecular complexity index is 1610. The lowest BCUT2D eigenvalue weighted by Crippen LogP contribution is -2.49. The van der Waals surface area contributed by atoms with Gasteiger partial charge in [-0.2, -0.15) is 0 Å². The van der Waals surface area contributed by atoms with Gasteiger partial charge in [0.2, 0.25) is 0 Å². The lowest BCUT2D eigenvalue weighted by atomic mass is 10.0. The van der Waals surface area contributed by atoms with E-state index in [0.717, 1.165) is 23.4 Å². The summed E-state index contributed by atoms with van der Waals surface area (Å²) in [6, 6.07) is 5.56. The van der Waals surface area contributed by atoms with E-state index in [0.29, 0.717) is 65.7 Å². The van der Waals surface area contributed by atoms with E-state index in [4.69, 9.17) is 44.7 Å². The Hall–Kier alpha value is -3.23. The summed E-state index contributed by atoms with van der Waals surface area (Å²) >= 11 is 6.83. The van der Waals surface area contributed by atoms with E-state index in [9.17, 15) is 4.79 Å². The van der Waals surface area contributed by atoms with Crippen LogP contribution in [0, 0.1) is 20.8 Å². The Morgan fingerprint density at radius 1 is 1.16 bits per heavy atom. The van der Waals surface area contributed by atoms with Gasteiger partial charge in [-0.1, -0.05) is 37.5 Å². The van der Waals surface area contributed by atoms with Crippen molar-refractivity contribution in [2.75, 3.05) is 51.8 Å². The highest BCUT2D eigenvalue weighted by molar-refractivity contribution is 6.74. The summed E-state index contributed by atoms with van der Waals surface area (Å²) in [4.78, 5) is 24.4. The van der Waals surface area contributed by atoms with Crippen LogP contribution < -0.4 is 15.4 Å². The van der Waals surface area contributed by atoms with Crippen LogP contribution >= 0.6 is 11.6 Å². The number of likely N-dealkylation sites (N-methyl/N-ethyl adjacent to an activating group) is 1. The van der Waals surface area contributed by atoms with Crippen LogP contribution in [0.1, 0.15) is 58.6 Å². The maximum Gasteiger partial charge on any atom is 0.410 e. The molecule has 2 atom stereocenters. The topological polar surface area (TPSA) is 133 Å². The van der Waals surface area contributed by atoms with E-state index in [1.807, 2.05) is 53.7 Å². The number of aromatic nitrogens is 3. The van der Waals surface area contributed by atoms with Crippen molar-refractivity contribution in [1.29, 1.82) is 0 Å². The maximum absolute atomic E-state index is 12.9. The van der Waals surface area contributed by atoms with Crippen LogP contribution in [0.3, 0.4) is 0 Å². The van der Waals surface area contributed by atoms with Crippen molar-refractivity contribution in [3.05, 3.63) is 40.2 Å². The van der Waals surface area contributed by atoms with Crippen molar-refractivity contribution in [3.63, 3.8) is 0 Å². The van der Waals surface area contributed by atoms with E-state index in [1.54, 1.807) is 18.0 Å². The number of halogens is 1. The first-order valence-corrected chi connectivity index (χ1v) is 20.5. The molecule has 50 heavy (non-hydrogen) atoms. The van der Waals surface area contributed by atoms with Crippen molar-refractivity contribution in [2.24, 2.45) is 0 Å². The molecule has 1 saturated heterocycles. The van der Waals surface area contributed by atoms with Gasteiger partial charge in [0.15, 0.2) is 14.1 Å². The zero-order valence-corrected chi connectivity index (χ0v) is 33.5. The van der Waals surface area contributed by atoms with Gasteiger partial charge in [-0.25, -0.2) is 14.8 Å². The number of anilines is 1. The molecule has 0 radical (unpaired) electrons. The van der Waals surface area contributed by atoms with Crippen LogP contribution in [-0.2, 0) is 13.9 Å². The summed E-state index contributed by atoms with van der Waals surface area (Å²) in [5.41, 5.74) is 3.11. The first-order chi connectivity index (χ1) is 23.3. The lowest BCUT2D eigenvalue weighted by molar-refractivity contribution is 0.0172. The van der Waals surface area contributed by atoms with Crippen LogP contribution in [0.5, 0.6) is 5.75 Å². The number of carbonyl (C=O) groups excluding carboxylic acids is 1. The van der Waals surface area contributed by atoms with E-state index in [-0.39, 0.29) is 17.7 Å². The normalized spacial score (nSPS) is 16.2. The van der Waals surface area contributed by atoms with E-state index in [2.05, 4.69) is 49.7 Å². The number of hydrogen-bond acceptors (Lipinski definition) is 11. The third kappa shape index (κ3) is 10.2. The van der Waals surface area contributed by atoms with Gasteiger partial charge >= 0.3 is 6.09 Å². The molecule has 2 N–H and O–H groups in total. The lowest BCUT2D eigenvalue weighted by Gasteiger charge is -2.40. The Kier molecular flexibility index (Phi) is 12.6. The van der Waals surface area contributed by atoms with Crippen LogP contribution in [-0.4, -0.2) is 98.7 Å². The fraction of sp³-hybridized carbons (Fsp3) is 0.611. The number of ether oxygens (including phenoxy) is 3. The number of amides is 1. The number of benzene rings is 1. The average molecular weight is 731 g/mol. The van der Waals surface area contributed by atoms with Gasteiger partial charge in [0.1, 0.15) is 29.5 Å². The van der Waals surface area contributed by atoms with Crippen molar-refractivity contribution in [2.45, 2.75) is 98.2 Å². The molecule has 1 aliphatic heterocycles. The van der Waals surface area contributed by atoms with E-state index < -0.39 is 26.1 Å². The smallest absolute Gasteiger partial charge is 0.410 e. The second kappa shape index (κ2) is 16.0. The molecule has 276 valence electrons. The van der Waals surface area contributed by atoms with Crippen molar-refractivity contribution in [3.8, 4) is 28.4 Å². The Morgan fingerprint density at radius 2 is 1.88 bits per heavy atom. The predicted molar refractivity (Wildman–Crippen MR) is 200 cm³/mol. The monoisotopic (exact) mass is 730 g/mol. The number of rotatable bonds is 12. The number of morpholine rings is 1. The third-order valence-electron chi connectivity index (χ3n) is 9.00. The standard InChI is InChI=1S/C36H55ClN6O6Si/c1-22-31(30-23(2)42-48-24(30)3)40-33(41-32(22)39-18-25-20-45-16-15-38-25)28-17-26(13-14-29(28)37)46-21-27(49-50(11,12)36(7,8)9)19-43(10)34(44)47-35(4,5)6/h13-14,17,25,27,38H,15-16,18-21H2,1-12H3,(H,39,40,41)/t25?,27-/m1/s1. The molecule has 1 amide bonds. The maximum atomic E-state index is 12.9. The summed E-state index contributed by atoms with van der Waals surface area (Å²) < 4.78 is 29.9. The van der Waals surface area contributed by atoms with Gasteiger partial charge in [-0.15, -0.1) is 0 Å². The first kappa shape index (κ1) is 39.6. The van der Waals surface area contributed by atoms with E-state index >= 15 is 0 Å². The van der Waals surface area contributed by atoms with Gasteiger partial charge in [0.05, 0.1) is 47.8 Å². The molecule has 0 spiro atoms. The summed E-state index contributed by atoms with van der Waals surface area (Å²) in [7, 11) is -0.521. The second-order valence-corrected chi connectivity index (χ2v) is 20.7. The largest absolute Gasteiger partial charge is 0.491 e. The van der Waals surface area contributed by atoms with E-state index in [1.165, 1.54) is 0 Å². The minimum absolute atomic E-state index is 0.0449. The molecular formula is C36H55ClN6O6Si. The molecule has 0 saturated carbocycles. The minimum Gasteiger partial charge on any atom is -0.491 e. The van der Waals surface area contributed by atoms with Crippen molar-refractivity contribution >= 4 is 31.8 Å². The zero-order chi connectivity index (χ0) is 37.0. The number of nitrogens with one attached hydrogen (secondary N) is 2. The minimum atomic E-state index is -2.23. The highest BCUT2D eigenvalue weighted by Crippen LogP contribution is 2.38. The molecule has 0 aliphatic carbocycles. The fourth-order valence-electron chi connectivity index (χ4n) is 5.24. The van der Waals surface area contributed by atoms with Gasteiger partial charge in [0.25, 0.3) is 0 Å². The van der Waals surface area contributed by atoms with Gasteiger partial charge < -0.3 is 38.7 Å². The van der Waals surface area contributed by atoms with Crippen molar-refractivity contribution in [1.82, 2.24) is 25.3 Å². The second-order valence-electron chi connectivity index (χ2n) is 15.5. The van der Waals surface area contributed by atoms with Crippen LogP contribution in [0.25, 0.3) is 22.6 Å². The fourth-order valence-corrected chi connectivity index (χ4v) is 6.77. The molecule has 1 aliphatic rings. The molecule has 14 heteroatoms. The molecular weight excluding hydrogens is 676 g/mol. The van der Waals surface area contributed by atoms with Crippen LogP contribution in [0.2, 0.25) is 23.2 Å².